The first-order chi connectivity index (χ1) is 15.2. The van der Waals surface area contributed by atoms with Gasteiger partial charge in [-0.3, -0.25) is 14.5 Å². The van der Waals surface area contributed by atoms with Gasteiger partial charge in [0.25, 0.3) is 5.91 Å². The van der Waals surface area contributed by atoms with Crippen molar-refractivity contribution in [2.24, 2.45) is 0 Å². The van der Waals surface area contributed by atoms with Crippen LogP contribution in [0.5, 0.6) is 0 Å². The van der Waals surface area contributed by atoms with Gasteiger partial charge in [0.2, 0.25) is 5.91 Å². The molecule has 1 aromatic heterocycles. The molecule has 0 radical (unpaired) electrons. The molecule has 3 aromatic rings. The third kappa shape index (κ3) is 5.78. The molecule has 1 aliphatic heterocycles. The largest absolute Gasteiger partial charge is 0.366 e. The topological polar surface area (TPSA) is 88.5 Å². The number of anilines is 1. The van der Waals surface area contributed by atoms with Crippen LogP contribution < -0.4 is 10.6 Å². The van der Waals surface area contributed by atoms with Crippen molar-refractivity contribution in [3.05, 3.63) is 78.6 Å². The predicted octanol–water partition coefficient (Wildman–Crippen LogP) is 1.83. The minimum absolute atomic E-state index is 0.113. The molecule has 1 fully saturated rings. The SMILES string of the molecule is O=C(CNC(=O)C1CN(Cc2ccccc2)CCO1)Nc1ccc(-n2cccn2)cc1. The van der Waals surface area contributed by atoms with Crippen LogP contribution in [0.1, 0.15) is 5.56 Å². The zero-order valence-corrected chi connectivity index (χ0v) is 17.1. The molecule has 0 bridgehead atoms. The number of benzene rings is 2. The van der Waals surface area contributed by atoms with Crippen molar-refractivity contribution in [1.82, 2.24) is 20.0 Å². The van der Waals surface area contributed by atoms with Crippen molar-refractivity contribution in [2.75, 3.05) is 31.6 Å². The molecule has 0 spiro atoms. The number of amides is 2. The fourth-order valence-corrected chi connectivity index (χ4v) is 3.45. The molecular weight excluding hydrogens is 394 g/mol. The molecule has 0 saturated carbocycles. The predicted molar refractivity (Wildman–Crippen MR) is 117 cm³/mol. The van der Waals surface area contributed by atoms with Crippen molar-refractivity contribution in [1.29, 1.82) is 0 Å². The van der Waals surface area contributed by atoms with Crippen LogP contribution >= 0.6 is 0 Å². The highest BCUT2D eigenvalue weighted by Crippen LogP contribution is 2.13. The second-order valence-corrected chi connectivity index (χ2v) is 7.34. The number of carbonyl (C=O) groups excluding carboxylic acids is 2. The Morgan fingerprint density at radius 3 is 2.61 bits per heavy atom. The average Bonchev–Trinajstić information content (AvgIpc) is 3.34. The van der Waals surface area contributed by atoms with Crippen LogP contribution in [-0.4, -0.2) is 58.8 Å². The van der Waals surface area contributed by atoms with Crippen LogP contribution in [0, 0.1) is 0 Å². The summed E-state index contributed by atoms with van der Waals surface area (Å²) in [5.41, 5.74) is 2.74. The fraction of sp³-hybridized carbons (Fsp3) is 0.261. The summed E-state index contributed by atoms with van der Waals surface area (Å²) in [5, 5.41) is 9.62. The zero-order valence-electron chi connectivity index (χ0n) is 17.1. The lowest BCUT2D eigenvalue weighted by Gasteiger charge is -2.32. The number of rotatable bonds is 7. The van der Waals surface area contributed by atoms with E-state index < -0.39 is 6.10 Å². The molecule has 4 rings (SSSR count). The molecule has 2 aromatic carbocycles. The number of hydrogen-bond acceptors (Lipinski definition) is 5. The van der Waals surface area contributed by atoms with Crippen molar-refractivity contribution >= 4 is 17.5 Å². The second-order valence-electron chi connectivity index (χ2n) is 7.34. The van der Waals surface area contributed by atoms with E-state index in [1.807, 2.05) is 42.6 Å². The maximum atomic E-state index is 12.5. The van der Waals surface area contributed by atoms with Crippen molar-refractivity contribution in [3.63, 3.8) is 0 Å². The number of hydrogen-bond donors (Lipinski definition) is 2. The van der Waals surface area contributed by atoms with E-state index in [9.17, 15) is 9.59 Å². The van der Waals surface area contributed by atoms with Crippen molar-refractivity contribution < 1.29 is 14.3 Å². The van der Waals surface area contributed by atoms with E-state index in [-0.39, 0.29) is 18.4 Å². The molecule has 160 valence electrons. The Hall–Kier alpha value is -3.49. The first-order valence-electron chi connectivity index (χ1n) is 10.2. The summed E-state index contributed by atoms with van der Waals surface area (Å²) < 4.78 is 7.35. The zero-order chi connectivity index (χ0) is 21.5. The first kappa shape index (κ1) is 20.8. The molecule has 1 atom stereocenters. The Morgan fingerprint density at radius 2 is 1.87 bits per heavy atom. The minimum atomic E-state index is -0.585. The van der Waals surface area contributed by atoms with E-state index in [0.717, 1.165) is 18.8 Å². The van der Waals surface area contributed by atoms with Gasteiger partial charge in [0.1, 0.15) is 6.10 Å². The Bertz CT molecular complexity index is 990. The normalized spacial score (nSPS) is 16.6. The fourth-order valence-electron chi connectivity index (χ4n) is 3.45. The van der Waals surface area contributed by atoms with Gasteiger partial charge < -0.3 is 15.4 Å². The first-order valence-corrected chi connectivity index (χ1v) is 10.2. The van der Waals surface area contributed by atoms with Gasteiger partial charge in [-0.1, -0.05) is 30.3 Å². The van der Waals surface area contributed by atoms with Crippen LogP contribution in [0.25, 0.3) is 5.69 Å². The van der Waals surface area contributed by atoms with Crippen LogP contribution in [0.3, 0.4) is 0 Å². The number of aromatic nitrogens is 2. The molecule has 1 aliphatic rings. The van der Waals surface area contributed by atoms with E-state index >= 15 is 0 Å². The van der Waals surface area contributed by atoms with Gasteiger partial charge in [0, 0.05) is 37.7 Å². The number of ether oxygens (including phenoxy) is 1. The molecule has 8 nitrogen and oxygen atoms in total. The standard InChI is InChI=1S/C23H25N5O3/c29-22(26-19-7-9-20(10-8-19)28-12-4-11-25-28)15-24-23(30)21-17-27(13-14-31-21)16-18-5-2-1-3-6-18/h1-12,21H,13-17H2,(H,24,30)(H,26,29). The number of carbonyl (C=O) groups is 2. The van der Waals surface area contributed by atoms with Gasteiger partial charge in [-0.05, 0) is 35.9 Å². The molecule has 1 saturated heterocycles. The number of morpholine rings is 1. The van der Waals surface area contributed by atoms with Gasteiger partial charge in [0.05, 0.1) is 18.8 Å². The van der Waals surface area contributed by atoms with Crippen LogP contribution in [-0.2, 0) is 20.9 Å². The van der Waals surface area contributed by atoms with E-state index in [1.165, 1.54) is 5.56 Å². The Morgan fingerprint density at radius 1 is 1.06 bits per heavy atom. The second kappa shape index (κ2) is 10.0. The van der Waals surface area contributed by atoms with E-state index in [1.54, 1.807) is 23.0 Å². The van der Waals surface area contributed by atoms with Crippen molar-refractivity contribution in [2.45, 2.75) is 12.6 Å². The minimum Gasteiger partial charge on any atom is -0.366 e. The van der Waals surface area contributed by atoms with E-state index in [0.29, 0.717) is 18.8 Å². The maximum Gasteiger partial charge on any atom is 0.250 e. The van der Waals surface area contributed by atoms with Gasteiger partial charge >= 0.3 is 0 Å². The summed E-state index contributed by atoms with van der Waals surface area (Å²) in [4.78, 5) is 26.9. The molecule has 31 heavy (non-hydrogen) atoms. The maximum absolute atomic E-state index is 12.5. The van der Waals surface area contributed by atoms with E-state index in [2.05, 4.69) is 32.8 Å². The molecule has 2 amide bonds. The molecular formula is C23H25N5O3. The molecule has 2 N–H and O–H groups in total. The third-order valence-electron chi connectivity index (χ3n) is 5.04. The smallest absolute Gasteiger partial charge is 0.250 e. The lowest BCUT2D eigenvalue weighted by Crippen LogP contribution is -2.50. The van der Waals surface area contributed by atoms with Crippen LogP contribution in [0.4, 0.5) is 5.69 Å². The lowest BCUT2D eigenvalue weighted by atomic mass is 10.2. The summed E-state index contributed by atoms with van der Waals surface area (Å²) in [6, 6.07) is 19.3. The van der Waals surface area contributed by atoms with E-state index in [4.69, 9.17) is 4.74 Å². The molecule has 8 heteroatoms. The summed E-state index contributed by atoms with van der Waals surface area (Å²) in [6.07, 6.45) is 2.96. The van der Waals surface area contributed by atoms with Gasteiger partial charge in [-0.15, -0.1) is 0 Å². The Kier molecular flexibility index (Phi) is 6.71. The summed E-state index contributed by atoms with van der Waals surface area (Å²) >= 11 is 0. The van der Waals surface area contributed by atoms with Gasteiger partial charge in [-0.2, -0.15) is 5.10 Å². The van der Waals surface area contributed by atoms with Crippen molar-refractivity contribution in [3.8, 4) is 5.69 Å². The summed E-state index contributed by atoms with van der Waals surface area (Å²) in [6.45, 7) is 2.41. The highest BCUT2D eigenvalue weighted by Gasteiger charge is 2.26. The Labute approximate surface area is 180 Å². The molecule has 0 aliphatic carbocycles. The number of nitrogens with one attached hydrogen (secondary N) is 2. The molecule has 1 unspecified atom stereocenters. The summed E-state index contributed by atoms with van der Waals surface area (Å²) in [5.74, 6) is -0.570. The average molecular weight is 419 g/mol. The monoisotopic (exact) mass is 419 g/mol. The van der Waals surface area contributed by atoms with Gasteiger partial charge in [0.15, 0.2) is 0 Å². The van der Waals surface area contributed by atoms with Gasteiger partial charge in [-0.25, -0.2) is 4.68 Å². The quantitative estimate of drug-likeness (QED) is 0.610. The number of nitrogens with zero attached hydrogens (tertiary/aromatic N) is 3. The van der Waals surface area contributed by atoms with Crippen LogP contribution in [0.15, 0.2) is 73.1 Å². The third-order valence-corrected chi connectivity index (χ3v) is 5.04. The summed E-state index contributed by atoms with van der Waals surface area (Å²) in [7, 11) is 0. The highest BCUT2D eigenvalue weighted by atomic mass is 16.5. The van der Waals surface area contributed by atoms with Crippen LogP contribution in [0.2, 0.25) is 0 Å². The molecule has 2 heterocycles. The lowest BCUT2D eigenvalue weighted by molar-refractivity contribution is -0.139. The Balaban J connectivity index is 1.23. The highest BCUT2D eigenvalue weighted by molar-refractivity contribution is 5.95.